The van der Waals surface area contributed by atoms with Crippen molar-refractivity contribution in [3.05, 3.63) is 29.1 Å². The zero-order valence-electron chi connectivity index (χ0n) is 15.3. The number of amides is 2. The van der Waals surface area contributed by atoms with Crippen LogP contribution in [-0.2, 0) is 4.79 Å². The third-order valence-corrected chi connectivity index (χ3v) is 5.17. The Morgan fingerprint density at radius 2 is 1.88 bits per heavy atom. The van der Waals surface area contributed by atoms with Crippen LogP contribution in [0.25, 0.3) is 0 Å². The molecule has 3 heterocycles. The summed E-state index contributed by atoms with van der Waals surface area (Å²) >= 11 is 0. The predicted molar refractivity (Wildman–Crippen MR) is 96.5 cm³/mol. The molecule has 136 valence electrons. The Hall–Kier alpha value is -1.95. The van der Waals surface area contributed by atoms with Gasteiger partial charge in [-0.25, -0.2) is 0 Å². The molecule has 1 N–H and O–H groups in total. The molecular formula is C19H28N4O2. The van der Waals surface area contributed by atoms with E-state index in [9.17, 15) is 9.59 Å². The highest BCUT2D eigenvalue weighted by Gasteiger charge is 2.26. The van der Waals surface area contributed by atoms with Crippen LogP contribution in [0.3, 0.4) is 0 Å². The number of carbonyl (C=O) groups excluding carboxylic acids is 2. The predicted octanol–water partition coefficient (Wildman–Crippen LogP) is 1.52. The van der Waals surface area contributed by atoms with Crippen molar-refractivity contribution in [2.45, 2.75) is 45.6 Å². The highest BCUT2D eigenvalue weighted by molar-refractivity contribution is 5.94. The SMILES string of the molecule is Cc1cc(C(=O)N2CCCN(C3CCNC(=O)CC3)CC2)cc(C)n1. The summed E-state index contributed by atoms with van der Waals surface area (Å²) in [4.78, 5) is 33.2. The minimum atomic E-state index is 0.105. The molecule has 0 saturated carbocycles. The number of aryl methyl sites for hydroxylation is 2. The van der Waals surface area contributed by atoms with E-state index in [4.69, 9.17) is 0 Å². The molecule has 2 fully saturated rings. The van der Waals surface area contributed by atoms with Crippen molar-refractivity contribution in [3.63, 3.8) is 0 Å². The molecule has 2 aliphatic heterocycles. The Balaban J connectivity index is 1.62. The first-order chi connectivity index (χ1) is 12.0. The van der Waals surface area contributed by atoms with Gasteiger partial charge in [0, 0.05) is 62.1 Å². The van der Waals surface area contributed by atoms with Crippen LogP contribution in [0.1, 0.15) is 47.4 Å². The molecule has 0 aromatic carbocycles. The quantitative estimate of drug-likeness (QED) is 0.883. The summed E-state index contributed by atoms with van der Waals surface area (Å²) < 4.78 is 0. The van der Waals surface area contributed by atoms with Crippen LogP contribution in [0.4, 0.5) is 0 Å². The summed E-state index contributed by atoms with van der Waals surface area (Å²) in [5.74, 6) is 0.269. The lowest BCUT2D eigenvalue weighted by Gasteiger charge is -2.29. The largest absolute Gasteiger partial charge is 0.356 e. The Bertz CT molecular complexity index is 626. The normalized spacial score (nSPS) is 22.9. The molecule has 0 bridgehead atoms. The average Bonchev–Trinajstić information content (AvgIpc) is 2.93. The van der Waals surface area contributed by atoms with Gasteiger partial charge in [0.15, 0.2) is 0 Å². The lowest BCUT2D eigenvalue weighted by Crippen LogP contribution is -2.40. The van der Waals surface area contributed by atoms with Gasteiger partial charge in [-0.2, -0.15) is 0 Å². The van der Waals surface area contributed by atoms with E-state index in [0.29, 0.717) is 12.5 Å². The van der Waals surface area contributed by atoms with E-state index in [2.05, 4.69) is 15.2 Å². The third-order valence-electron chi connectivity index (χ3n) is 5.17. The maximum Gasteiger partial charge on any atom is 0.254 e. The molecular weight excluding hydrogens is 316 g/mol. The van der Waals surface area contributed by atoms with Gasteiger partial charge in [-0.15, -0.1) is 0 Å². The Morgan fingerprint density at radius 1 is 1.12 bits per heavy atom. The van der Waals surface area contributed by atoms with Crippen LogP contribution < -0.4 is 5.32 Å². The molecule has 6 nitrogen and oxygen atoms in total. The molecule has 25 heavy (non-hydrogen) atoms. The average molecular weight is 344 g/mol. The second-order valence-corrected chi connectivity index (χ2v) is 7.15. The van der Waals surface area contributed by atoms with Crippen molar-refractivity contribution in [1.29, 1.82) is 0 Å². The number of nitrogens with zero attached hydrogens (tertiary/aromatic N) is 3. The minimum Gasteiger partial charge on any atom is -0.356 e. The second-order valence-electron chi connectivity index (χ2n) is 7.15. The van der Waals surface area contributed by atoms with E-state index >= 15 is 0 Å². The van der Waals surface area contributed by atoms with Crippen LogP contribution in [0.15, 0.2) is 12.1 Å². The maximum atomic E-state index is 12.9. The summed E-state index contributed by atoms with van der Waals surface area (Å²) in [5, 5.41) is 2.95. The first-order valence-electron chi connectivity index (χ1n) is 9.28. The Morgan fingerprint density at radius 3 is 2.64 bits per heavy atom. The molecule has 1 aromatic heterocycles. The van der Waals surface area contributed by atoms with Crippen LogP contribution in [0.2, 0.25) is 0 Å². The van der Waals surface area contributed by atoms with Crippen molar-refractivity contribution in [3.8, 4) is 0 Å². The smallest absolute Gasteiger partial charge is 0.254 e. The van der Waals surface area contributed by atoms with Crippen molar-refractivity contribution in [2.75, 3.05) is 32.7 Å². The molecule has 6 heteroatoms. The number of rotatable bonds is 2. The first-order valence-corrected chi connectivity index (χ1v) is 9.28. The van der Waals surface area contributed by atoms with Crippen molar-refractivity contribution < 1.29 is 9.59 Å². The van der Waals surface area contributed by atoms with E-state index in [0.717, 1.165) is 68.9 Å². The van der Waals surface area contributed by atoms with Crippen LogP contribution in [0, 0.1) is 13.8 Å². The summed E-state index contributed by atoms with van der Waals surface area (Å²) in [6.45, 7) is 8.03. The molecule has 0 aliphatic carbocycles. The van der Waals surface area contributed by atoms with Gasteiger partial charge in [-0.1, -0.05) is 0 Å². The lowest BCUT2D eigenvalue weighted by molar-refractivity contribution is -0.120. The zero-order chi connectivity index (χ0) is 17.8. The highest BCUT2D eigenvalue weighted by atomic mass is 16.2. The van der Waals surface area contributed by atoms with Gasteiger partial charge in [0.2, 0.25) is 5.91 Å². The van der Waals surface area contributed by atoms with Crippen molar-refractivity contribution >= 4 is 11.8 Å². The van der Waals surface area contributed by atoms with Gasteiger partial charge in [0.05, 0.1) is 0 Å². The summed E-state index contributed by atoms with van der Waals surface area (Å²) in [6.07, 6.45) is 3.51. The van der Waals surface area contributed by atoms with Crippen molar-refractivity contribution in [1.82, 2.24) is 20.1 Å². The third kappa shape index (κ3) is 4.57. The standard InChI is InChI=1S/C19H28N4O2/c1-14-12-16(13-15(2)21-14)19(25)23-9-3-8-22(10-11-23)17-4-5-18(24)20-7-6-17/h12-13,17H,3-11H2,1-2H3,(H,20,24). The maximum absolute atomic E-state index is 12.9. The van der Waals surface area contributed by atoms with Gasteiger partial charge in [-0.3, -0.25) is 19.5 Å². The lowest BCUT2D eigenvalue weighted by atomic mass is 10.1. The monoisotopic (exact) mass is 344 g/mol. The number of nitrogens with one attached hydrogen (secondary N) is 1. The molecule has 0 radical (unpaired) electrons. The molecule has 1 aromatic rings. The van der Waals surface area contributed by atoms with Crippen LogP contribution in [0.5, 0.6) is 0 Å². The van der Waals surface area contributed by atoms with Crippen LogP contribution >= 0.6 is 0 Å². The minimum absolute atomic E-state index is 0.105. The van der Waals surface area contributed by atoms with Gasteiger partial charge < -0.3 is 10.2 Å². The molecule has 2 aliphatic rings. The fourth-order valence-corrected chi connectivity index (χ4v) is 3.92. The van der Waals surface area contributed by atoms with Gasteiger partial charge in [0.25, 0.3) is 5.91 Å². The molecule has 1 unspecified atom stereocenters. The highest BCUT2D eigenvalue weighted by Crippen LogP contribution is 2.18. The zero-order valence-corrected chi connectivity index (χ0v) is 15.3. The van der Waals surface area contributed by atoms with E-state index in [-0.39, 0.29) is 11.8 Å². The fourth-order valence-electron chi connectivity index (χ4n) is 3.92. The summed E-state index contributed by atoms with van der Waals surface area (Å²) in [6, 6.07) is 4.20. The van der Waals surface area contributed by atoms with Crippen LogP contribution in [-0.4, -0.2) is 65.4 Å². The number of carbonyl (C=O) groups is 2. The van der Waals surface area contributed by atoms with E-state index in [1.807, 2.05) is 30.9 Å². The second kappa shape index (κ2) is 7.95. The molecule has 1 atom stereocenters. The van der Waals surface area contributed by atoms with E-state index in [1.54, 1.807) is 0 Å². The number of hydrogen-bond acceptors (Lipinski definition) is 4. The Labute approximate surface area is 149 Å². The molecule has 2 saturated heterocycles. The van der Waals surface area contributed by atoms with Gasteiger partial charge in [0.1, 0.15) is 0 Å². The number of aromatic nitrogens is 1. The summed E-state index contributed by atoms with van der Waals surface area (Å²) in [7, 11) is 0. The topological polar surface area (TPSA) is 65.5 Å². The molecule has 0 spiro atoms. The van der Waals surface area contributed by atoms with Gasteiger partial charge >= 0.3 is 0 Å². The number of pyridine rings is 1. The number of hydrogen-bond donors (Lipinski definition) is 1. The molecule has 2 amide bonds. The van der Waals surface area contributed by atoms with Gasteiger partial charge in [-0.05, 0) is 45.2 Å². The van der Waals surface area contributed by atoms with Crippen molar-refractivity contribution in [2.24, 2.45) is 0 Å². The first kappa shape index (κ1) is 17.9. The summed E-state index contributed by atoms with van der Waals surface area (Å²) in [5.41, 5.74) is 2.51. The van der Waals surface area contributed by atoms with E-state index < -0.39 is 0 Å². The Kier molecular flexibility index (Phi) is 5.68. The molecule has 3 rings (SSSR count). The fraction of sp³-hybridized carbons (Fsp3) is 0.632. The van der Waals surface area contributed by atoms with E-state index in [1.165, 1.54) is 0 Å².